The van der Waals surface area contributed by atoms with Gasteiger partial charge in [-0.3, -0.25) is 4.79 Å². The van der Waals surface area contributed by atoms with Crippen LogP contribution in [0.5, 0.6) is 0 Å². The van der Waals surface area contributed by atoms with E-state index in [0.29, 0.717) is 18.7 Å². The molecule has 1 amide bonds. The second-order valence-corrected chi connectivity index (χ2v) is 5.82. The molecule has 0 unspecified atom stereocenters. The van der Waals surface area contributed by atoms with E-state index in [9.17, 15) is 13.6 Å². The minimum atomic E-state index is -0.751. The normalized spacial score (nSPS) is 10.5. The van der Waals surface area contributed by atoms with Crippen molar-refractivity contribution in [2.24, 2.45) is 0 Å². The number of hydrogen-bond donors (Lipinski definition) is 1. The van der Waals surface area contributed by atoms with E-state index in [4.69, 9.17) is 0 Å². The van der Waals surface area contributed by atoms with E-state index in [1.807, 2.05) is 37.3 Å². The summed E-state index contributed by atoms with van der Waals surface area (Å²) in [6.45, 7) is 2.88. The van der Waals surface area contributed by atoms with Gasteiger partial charge in [-0.25, -0.2) is 18.7 Å². The Bertz CT molecular complexity index is 897. The standard InChI is InChI=1S/C20H18F2N4O/c1-2-26(13-14-7-4-3-5-8-14)19(27)15-11-23-20(24-12-15)25-18-16(21)9-6-10-17(18)22/h3-12H,2,13H2,1H3,(H,23,24,25). The SMILES string of the molecule is CCN(Cc1ccccc1)C(=O)c1cnc(Nc2c(F)cccc2F)nc1. The van der Waals surface area contributed by atoms with Crippen LogP contribution in [0.3, 0.4) is 0 Å². The highest BCUT2D eigenvalue weighted by atomic mass is 19.1. The molecule has 0 bridgehead atoms. The second-order valence-electron chi connectivity index (χ2n) is 5.82. The number of hydrogen-bond acceptors (Lipinski definition) is 4. The third kappa shape index (κ3) is 4.44. The Morgan fingerprint density at radius 3 is 2.22 bits per heavy atom. The summed E-state index contributed by atoms with van der Waals surface area (Å²) in [5.41, 5.74) is 0.977. The van der Waals surface area contributed by atoms with E-state index in [-0.39, 0.29) is 17.5 Å². The molecule has 7 heteroatoms. The molecule has 0 aliphatic heterocycles. The van der Waals surface area contributed by atoms with Gasteiger partial charge < -0.3 is 10.2 Å². The molecular formula is C20H18F2N4O. The van der Waals surface area contributed by atoms with Crippen LogP contribution in [-0.4, -0.2) is 27.3 Å². The van der Waals surface area contributed by atoms with E-state index in [1.165, 1.54) is 18.5 Å². The van der Waals surface area contributed by atoms with Crippen LogP contribution in [0.2, 0.25) is 0 Å². The fourth-order valence-corrected chi connectivity index (χ4v) is 2.55. The van der Waals surface area contributed by atoms with E-state index >= 15 is 0 Å². The molecule has 0 aliphatic rings. The maximum atomic E-state index is 13.7. The van der Waals surface area contributed by atoms with Crippen molar-refractivity contribution >= 4 is 17.5 Å². The van der Waals surface area contributed by atoms with Crippen molar-refractivity contribution in [3.8, 4) is 0 Å². The van der Waals surface area contributed by atoms with Crippen molar-refractivity contribution in [2.45, 2.75) is 13.5 Å². The zero-order chi connectivity index (χ0) is 19.2. The van der Waals surface area contributed by atoms with Gasteiger partial charge in [0.1, 0.15) is 17.3 Å². The van der Waals surface area contributed by atoms with Crippen LogP contribution < -0.4 is 5.32 Å². The fraction of sp³-hybridized carbons (Fsp3) is 0.150. The van der Waals surface area contributed by atoms with E-state index in [1.54, 1.807) is 4.90 Å². The van der Waals surface area contributed by atoms with Crippen molar-refractivity contribution in [1.29, 1.82) is 0 Å². The number of halogens is 2. The minimum Gasteiger partial charge on any atom is -0.335 e. The Balaban J connectivity index is 1.73. The van der Waals surface area contributed by atoms with Gasteiger partial charge in [-0.05, 0) is 24.6 Å². The monoisotopic (exact) mass is 368 g/mol. The van der Waals surface area contributed by atoms with E-state index < -0.39 is 11.6 Å². The number of carbonyl (C=O) groups is 1. The van der Waals surface area contributed by atoms with Crippen LogP contribution in [0.15, 0.2) is 60.9 Å². The van der Waals surface area contributed by atoms with Crippen LogP contribution in [0.1, 0.15) is 22.8 Å². The lowest BCUT2D eigenvalue weighted by molar-refractivity contribution is 0.0751. The number of nitrogens with zero attached hydrogens (tertiary/aromatic N) is 3. The lowest BCUT2D eigenvalue weighted by Gasteiger charge is -2.21. The molecule has 0 atom stereocenters. The van der Waals surface area contributed by atoms with Crippen molar-refractivity contribution < 1.29 is 13.6 Å². The van der Waals surface area contributed by atoms with Gasteiger partial charge in [0, 0.05) is 25.5 Å². The first kappa shape index (κ1) is 18.4. The Kier molecular flexibility index (Phi) is 5.71. The summed E-state index contributed by atoms with van der Waals surface area (Å²) in [4.78, 5) is 22.3. The zero-order valence-electron chi connectivity index (χ0n) is 14.7. The summed E-state index contributed by atoms with van der Waals surface area (Å²) in [6, 6.07) is 13.2. The first-order valence-corrected chi connectivity index (χ1v) is 8.44. The van der Waals surface area contributed by atoms with Gasteiger partial charge in [0.15, 0.2) is 0 Å². The summed E-state index contributed by atoms with van der Waals surface area (Å²) < 4.78 is 27.4. The second kappa shape index (κ2) is 8.35. The number of amides is 1. The zero-order valence-corrected chi connectivity index (χ0v) is 14.7. The van der Waals surface area contributed by atoms with Crippen LogP contribution >= 0.6 is 0 Å². The maximum Gasteiger partial charge on any atom is 0.257 e. The minimum absolute atomic E-state index is 0.00154. The van der Waals surface area contributed by atoms with Crippen LogP contribution in [0.25, 0.3) is 0 Å². The first-order chi connectivity index (χ1) is 13.1. The Labute approximate surface area is 155 Å². The third-order valence-corrected chi connectivity index (χ3v) is 3.98. The molecule has 3 rings (SSSR count). The van der Waals surface area contributed by atoms with E-state index in [2.05, 4.69) is 15.3 Å². The number of para-hydroxylation sites is 1. The highest BCUT2D eigenvalue weighted by Crippen LogP contribution is 2.21. The van der Waals surface area contributed by atoms with Gasteiger partial charge in [0.25, 0.3) is 5.91 Å². The fourth-order valence-electron chi connectivity index (χ4n) is 2.55. The smallest absolute Gasteiger partial charge is 0.257 e. The van der Waals surface area contributed by atoms with Gasteiger partial charge in [0.05, 0.1) is 5.56 Å². The highest BCUT2D eigenvalue weighted by Gasteiger charge is 2.16. The number of aromatic nitrogens is 2. The van der Waals surface area contributed by atoms with Crippen LogP contribution in [0.4, 0.5) is 20.4 Å². The topological polar surface area (TPSA) is 58.1 Å². The molecule has 138 valence electrons. The van der Waals surface area contributed by atoms with Gasteiger partial charge >= 0.3 is 0 Å². The maximum absolute atomic E-state index is 13.7. The van der Waals surface area contributed by atoms with Crippen molar-refractivity contribution in [3.05, 3.63) is 83.7 Å². The highest BCUT2D eigenvalue weighted by molar-refractivity contribution is 5.93. The Morgan fingerprint density at radius 2 is 1.63 bits per heavy atom. The van der Waals surface area contributed by atoms with Gasteiger partial charge in [0.2, 0.25) is 5.95 Å². The number of benzene rings is 2. The summed E-state index contributed by atoms with van der Waals surface area (Å²) in [5, 5.41) is 2.49. The average molecular weight is 368 g/mol. The van der Waals surface area contributed by atoms with Crippen molar-refractivity contribution in [2.75, 3.05) is 11.9 Å². The lowest BCUT2D eigenvalue weighted by atomic mass is 10.2. The molecule has 0 radical (unpaired) electrons. The van der Waals surface area contributed by atoms with Crippen molar-refractivity contribution in [1.82, 2.24) is 14.9 Å². The molecule has 1 heterocycles. The molecule has 27 heavy (non-hydrogen) atoms. The largest absolute Gasteiger partial charge is 0.335 e. The van der Waals surface area contributed by atoms with Gasteiger partial charge in [-0.2, -0.15) is 0 Å². The lowest BCUT2D eigenvalue weighted by Crippen LogP contribution is -2.30. The summed E-state index contributed by atoms with van der Waals surface area (Å²) >= 11 is 0. The molecule has 5 nitrogen and oxygen atoms in total. The van der Waals surface area contributed by atoms with Crippen molar-refractivity contribution in [3.63, 3.8) is 0 Å². The molecule has 1 N–H and O–H groups in total. The quantitative estimate of drug-likeness (QED) is 0.710. The number of rotatable bonds is 6. The van der Waals surface area contributed by atoms with E-state index in [0.717, 1.165) is 17.7 Å². The summed E-state index contributed by atoms with van der Waals surface area (Å²) in [6.07, 6.45) is 2.67. The molecule has 0 saturated heterocycles. The van der Waals surface area contributed by atoms with Crippen LogP contribution in [0, 0.1) is 11.6 Å². The Hall–Kier alpha value is -3.35. The average Bonchev–Trinajstić information content (AvgIpc) is 2.70. The molecule has 0 aliphatic carbocycles. The molecule has 1 aromatic heterocycles. The summed E-state index contributed by atoms with van der Waals surface area (Å²) in [7, 11) is 0. The van der Waals surface area contributed by atoms with Crippen LogP contribution in [-0.2, 0) is 6.54 Å². The Morgan fingerprint density at radius 1 is 1.00 bits per heavy atom. The third-order valence-electron chi connectivity index (χ3n) is 3.98. The first-order valence-electron chi connectivity index (χ1n) is 8.44. The number of nitrogens with one attached hydrogen (secondary N) is 1. The molecule has 0 saturated carbocycles. The molecule has 3 aromatic rings. The van der Waals surface area contributed by atoms with Gasteiger partial charge in [-0.15, -0.1) is 0 Å². The number of carbonyl (C=O) groups excluding carboxylic acids is 1. The molecule has 0 spiro atoms. The van der Waals surface area contributed by atoms with Gasteiger partial charge in [-0.1, -0.05) is 36.4 Å². The predicted molar refractivity (Wildman–Crippen MR) is 98.5 cm³/mol. The number of anilines is 2. The molecular weight excluding hydrogens is 350 g/mol. The predicted octanol–water partition coefficient (Wildman–Crippen LogP) is 4.16. The summed E-state index contributed by atoms with van der Waals surface area (Å²) in [5.74, 6) is -1.72. The molecule has 2 aromatic carbocycles. The molecule has 0 fully saturated rings.